The SMILES string of the molecule is O=C(CCOCCOCCOCCOCCNC(=O)c1c[nH]c([N+](=O)[O-])c1)ON1C(=O)CCC1=O. The molecule has 0 atom stereocenters. The van der Waals surface area contributed by atoms with Crippen LogP contribution in [0.2, 0.25) is 0 Å². The number of carbonyl (C=O) groups is 4. The third-order valence-electron chi connectivity index (χ3n) is 4.42. The first-order chi connectivity index (χ1) is 16.9. The van der Waals surface area contributed by atoms with Gasteiger partial charge in [0.05, 0.1) is 64.8 Å². The van der Waals surface area contributed by atoms with E-state index in [2.05, 4.69) is 10.3 Å². The minimum Gasteiger partial charge on any atom is -0.378 e. The number of ether oxygens (including phenoxy) is 4. The molecule has 1 saturated heterocycles. The van der Waals surface area contributed by atoms with E-state index >= 15 is 0 Å². The van der Waals surface area contributed by atoms with Gasteiger partial charge in [-0.2, -0.15) is 0 Å². The summed E-state index contributed by atoms with van der Waals surface area (Å²) >= 11 is 0. The number of aromatic amines is 1. The first-order valence-corrected chi connectivity index (χ1v) is 10.9. The van der Waals surface area contributed by atoms with Gasteiger partial charge in [-0.3, -0.25) is 14.4 Å². The highest BCUT2D eigenvalue weighted by atomic mass is 16.7. The Labute approximate surface area is 200 Å². The average molecular weight is 500 g/mol. The van der Waals surface area contributed by atoms with Crippen LogP contribution in [0, 0.1) is 10.1 Å². The Morgan fingerprint density at radius 1 is 0.943 bits per heavy atom. The maximum absolute atomic E-state index is 11.8. The maximum atomic E-state index is 11.8. The molecular formula is C20H28N4O11. The molecule has 0 spiro atoms. The van der Waals surface area contributed by atoms with Crippen molar-refractivity contribution in [1.29, 1.82) is 0 Å². The average Bonchev–Trinajstić information content (AvgIpc) is 3.45. The third-order valence-corrected chi connectivity index (χ3v) is 4.42. The molecule has 1 fully saturated rings. The van der Waals surface area contributed by atoms with Crippen LogP contribution in [0.4, 0.5) is 5.82 Å². The number of nitro groups is 1. The number of imide groups is 1. The molecule has 0 unspecified atom stereocenters. The fraction of sp³-hybridized carbons (Fsp3) is 0.600. The second-order valence-corrected chi connectivity index (χ2v) is 7.03. The van der Waals surface area contributed by atoms with E-state index in [0.29, 0.717) is 38.1 Å². The predicted octanol–water partition coefficient (Wildman–Crippen LogP) is -0.284. The number of hydrogen-bond donors (Lipinski definition) is 2. The smallest absolute Gasteiger partial charge is 0.335 e. The second-order valence-electron chi connectivity index (χ2n) is 7.03. The fourth-order valence-corrected chi connectivity index (χ4v) is 2.68. The van der Waals surface area contributed by atoms with Gasteiger partial charge in [-0.15, -0.1) is 5.06 Å². The van der Waals surface area contributed by atoms with E-state index in [1.807, 2.05) is 0 Å². The van der Waals surface area contributed by atoms with Gasteiger partial charge in [-0.1, -0.05) is 0 Å². The summed E-state index contributed by atoms with van der Waals surface area (Å²) < 4.78 is 21.2. The number of H-pyrrole nitrogens is 1. The highest BCUT2D eigenvalue weighted by molar-refractivity contribution is 6.01. The Bertz CT molecular complexity index is 857. The molecule has 35 heavy (non-hydrogen) atoms. The van der Waals surface area contributed by atoms with Crippen LogP contribution in [0.3, 0.4) is 0 Å². The second kappa shape index (κ2) is 15.5. The van der Waals surface area contributed by atoms with Gasteiger partial charge in [0.15, 0.2) is 0 Å². The Morgan fingerprint density at radius 2 is 1.49 bits per heavy atom. The summed E-state index contributed by atoms with van der Waals surface area (Å²) in [5.74, 6) is -2.47. The molecular weight excluding hydrogens is 472 g/mol. The highest BCUT2D eigenvalue weighted by Gasteiger charge is 2.32. The van der Waals surface area contributed by atoms with Crippen molar-refractivity contribution in [3.63, 3.8) is 0 Å². The predicted molar refractivity (Wildman–Crippen MR) is 115 cm³/mol. The Balaban J connectivity index is 1.32. The van der Waals surface area contributed by atoms with Crippen LogP contribution >= 0.6 is 0 Å². The Kier molecular flexibility index (Phi) is 12.3. The van der Waals surface area contributed by atoms with Crippen molar-refractivity contribution in [3.05, 3.63) is 27.9 Å². The van der Waals surface area contributed by atoms with Crippen LogP contribution in [0.15, 0.2) is 12.3 Å². The molecule has 2 rings (SSSR count). The summed E-state index contributed by atoms with van der Waals surface area (Å²) in [4.78, 5) is 63.1. The van der Waals surface area contributed by atoms with Crippen molar-refractivity contribution in [3.8, 4) is 0 Å². The largest absolute Gasteiger partial charge is 0.378 e. The zero-order chi connectivity index (χ0) is 25.5. The lowest BCUT2D eigenvalue weighted by Crippen LogP contribution is -2.32. The Hall–Kier alpha value is -3.40. The molecule has 1 aromatic rings. The molecule has 2 heterocycles. The first kappa shape index (κ1) is 27.8. The van der Waals surface area contributed by atoms with Gasteiger partial charge in [0, 0.05) is 25.5 Å². The van der Waals surface area contributed by atoms with Crippen molar-refractivity contribution >= 4 is 29.5 Å². The topological polar surface area (TPSA) is 189 Å². The molecule has 15 heteroatoms. The van der Waals surface area contributed by atoms with E-state index in [-0.39, 0.29) is 57.0 Å². The molecule has 15 nitrogen and oxygen atoms in total. The van der Waals surface area contributed by atoms with Crippen LogP contribution in [-0.2, 0) is 38.2 Å². The maximum Gasteiger partial charge on any atom is 0.335 e. The van der Waals surface area contributed by atoms with E-state index in [0.717, 1.165) is 6.07 Å². The van der Waals surface area contributed by atoms with Crippen molar-refractivity contribution in [2.24, 2.45) is 0 Å². The zero-order valence-corrected chi connectivity index (χ0v) is 19.0. The van der Waals surface area contributed by atoms with Crippen molar-refractivity contribution in [2.75, 3.05) is 59.4 Å². The van der Waals surface area contributed by atoms with Crippen LogP contribution in [-0.4, -0.2) is 98.1 Å². The Morgan fingerprint density at radius 3 is 2.03 bits per heavy atom. The lowest BCUT2D eigenvalue weighted by Gasteiger charge is -2.12. The monoisotopic (exact) mass is 500 g/mol. The molecule has 1 aromatic heterocycles. The van der Waals surface area contributed by atoms with Crippen molar-refractivity contribution in [2.45, 2.75) is 19.3 Å². The molecule has 0 aromatic carbocycles. The van der Waals surface area contributed by atoms with Crippen molar-refractivity contribution in [1.82, 2.24) is 15.4 Å². The van der Waals surface area contributed by atoms with E-state index in [1.165, 1.54) is 6.20 Å². The summed E-state index contributed by atoms with van der Waals surface area (Å²) in [7, 11) is 0. The van der Waals surface area contributed by atoms with Gasteiger partial charge < -0.3 is 39.2 Å². The number of amides is 3. The quantitative estimate of drug-likeness (QED) is 0.117. The van der Waals surface area contributed by atoms with Crippen LogP contribution < -0.4 is 5.32 Å². The van der Waals surface area contributed by atoms with E-state index in [4.69, 9.17) is 23.8 Å². The van der Waals surface area contributed by atoms with E-state index in [9.17, 15) is 29.3 Å². The molecule has 0 radical (unpaired) electrons. The number of aromatic nitrogens is 1. The third kappa shape index (κ3) is 10.6. The van der Waals surface area contributed by atoms with E-state index in [1.54, 1.807) is 0 Å². The van der Waals surface area contributed by atoms with Gasteiger partial charge in [-0.25, -0.2) is 9.78 Å². The number of hydrogen-bond acceptors (Lipinski definition) is 11. The van der Waals surface area contributed by atoms with Gasteiger partial charge in [0.2, 0.25) is 0 Å². The lowest BCUT2D eigenvalue weighted by atomic mass is 10.3. The summed E-state index contributed by atoms with van der Waals surface area (Å²) in [6.45, 7) is 2.45. The molecule has 1 aliphatic rings. The summed E-state index contributed by atoms with van der Waals surface area (Å²) in [5, 5.41) is 13.7. The molecule has 3 amide bonds. The fourth-order valence-electron chi connectivity index (χ4n) is 2.68. The molecule has 0 aliphatic carbocycles. The first-order valence-electron chi connectivity index (χ1n) is 10.9. The molecule has 194 valence electrons. The highest BCUT2D eigenvalue weighted by Crippen LogP contribution is 2.12. The number of rotatable bonds is 18. The van der Waals surface area contributed by atoms with Gasteiger partial charge >= 0.3 is 11.8 Å². The minimum absolute atomic E-state index is 0.0445. The van der Waals surface area contributed by atoms with Crippen LogP contribution in [0.1, 0.15) is 29.6 Å². The van der Waals surface area contributed by atoms with E-state index < -0.39 is 28.6 Å². The number of nitrogens with one attached hydrogen (secondary N) is 2. The summed E-state index contributed by atoms with van der Waals surface area (Å²) in [6.07, 6.45) is 1.25. The van der Waals surface area contributed by atoms with Crippen molar-refractivity contribution < 1.29 is 47.9 Å². The molecule has 2 N–H and O–H groups in total. The molecule has 1 aliphatic heterocycles. The zero-order valence-electron chi connectivity index (χ0n) is 19.0. The lowest BCUT2D eigenvalue weighted by molar-refractivity contribution is -0.389. The van der Waals surface area contributed by atoms with Crippen LogP contribution in [0.25, 0.3) is 0 Å². The van der Waals surface area contributed by atoms with Gasteiger partial charge in [0.25, 0.3) is 17.7 Å². The van der Waals surface area contributed by atoms with Crippen LogP contribution in [0.5, 0.6) is 0 Å². The molecule has 0 bridgehead atoms. The van der Waals surface area contributed by atoms with Gasteiger partial charge in [0.1, 0.15) is 6.20 Å². The van der Waals surface area contributed by atoms with Gasteiger partial charge in [-0.05, 0) is 4.92 Å². The normalized spacial score (nSPS) is 13.3. The number of carbonyl (C=O) groups excluding carboxylic acids is 4. The summed E-state index contributed by atoms with van der Waals surface area (Å²) in [6, 6.07) is 1.15. The molecule has 0 saturated carbocycles. The summed E-state index contributed by atoms with van der Waals surface area (Å²) in [5.41, 5.74) is 0.167. The minimum atomic E-state index is -0.723. The number of hydroxylamine groups is 2. The number of nitrogens with zero attached hydrogens (tertiary/aromatic N) is 2. The standard InChI is InChI=1S/C20H28N4O11/c25-17-1-2-18(26)23(17)35-19(27)3-5-31-7-9-33-11-12-34-10-8-32-6-4-21-20(28)15-13-16(22-14-15)24(29)30/h13-14,22H,1-12H2,(H,21,28).